The molecule has 0 amide bonds. The number of ether oxygens (including phenoxy) is 2. The number of hydrogen-bond acceptors (Lipinski definition) is 4. The molecular formula is C23H24O4. The van der Waals surface area contributed by atoms with Crippen LogP contribution in [0, 0.1) is 18.8 Å². The molecule has 0 saturated heterocycles. The molecule has 0 radical (unpaired) electrons. The van der Waals surface area contributed by atoms with Crippen LogP contribution in [0.4, 0.5) is 0 Å². The molecule has 4 heteroatoms. The Kier molecular flexibility index (Phi) is 4.56. The summed E-state index contributed by atoms with van der Waals surface area (Å²) in [6.45, 7) is 2.62. The zero-order valence-electron chi connectivity index (χ0n) is 15.6. The zero-order chi connectivity index (χ0) is 19.0. The molecule has 140 valence electrons. The van der Waals surface area contributed by atoms with Gasteiger partial charge in [-0.1, -0.05) is 24.3 Å². The van der Waals surface area contributed by atoms with E-state index in [0.717, 1.165) is 29.0 Å². The first-order valence-corrected chi connectivity index (χ1v) is 9.24. The highest BCUT2D eigenvalue weighted by Gasteiger charge is 2.37. The number of fused-ring (bicyclic) bond motifs is 1. The van der Waals surface area contributed by atoms with E-state index in [4.69, 9.17) is 9.47 Å². The Balaban J connectivity index is 1.79. The van der Waals surface area contributed by atoms with Crippen LogP contribution in [0.3, 0.4) is 0 Å². The average molecular weight is 364 g/mol. The van der Waals surface area contributed by atoms with Crippen LogP contribution in [-0.4, -0.2) is 23.9 Å². The SMILES string of the molecule is COc1ccc([C@@H]2c3ccc(O)cc3OC[C@@H]2C2C=CC(O)=CC2)cc1C. The summed E-state index contributed by atoms with van der Waals surface area (Å²) in [5, 5.41) is 19.6. The van der Waals surface area contributed by atoms with E-state index in [9.17, 15) is 10.2 Å². The van der Waals surface area contributed by atoms with Gasteiger partial charge in [0, 0.05) is 23.5 Å². The molecule has 0 bridgehead atoms. The lowest BCUT2D eigenvalue weighted by atomic mass is 9.71. The van der Waals surface area contributed by atoms with Crippen LogP contribution in [0.2, 0.25) is 0 Å². The van der Waals surface area contributed by atoms with E-state index in [1.807, 2.05) is 18.2 Å². The fourth-order valence-corrected chi connectivity index (χ4v) is 4.25. The summed E-state index contributed by atoms with van der Waals surface area (Å²) in [5.74, 6) is 2.79. The van der Waals surface area contributed by atoms with Gasteiger partial charge in [-0.15, -0.1) is 0 Å². The van der Waals surface area contributed by atoms with Crippen LogP contribution >= 0.6 is 0 Å². The number of benzene rings is 2. The molecular weight excluding hydrogens is 340 g/mol. The van der Waals surface area contributed by atoms with Crippen molar-refractivity contribution in [2.24, 2.45) is 11.8 Å². The summed E-state index contributed by atoms with van der Waals surface area (Å²) in [5.41, 5.74) is 3.39. The second-order valence-electron chi connectivity index (χ2n) is 7.29. The normalized spacial score (nSPS) is 23.9. The lowest BCUT2D eigenvalue weighted by Gasteiger charge is -2.38. The summed E-state index contributed by atoms with van der Waals surface area (Å²) in [4.78, 5) is 0. The van der Waals surface area contributed by atoms with Crippen molar-refractivity contribution in [3.8, 4) is 17.2 Å². The van der Waals surface area contributed by atoms with Gasteiger partial charge in [-0.05, 0) is 54.7 Å². The summed E-state index contributed by atoms with van der Waals surface area (Å²) < 4.78 is 11.4. The maximum Gasteiger partial charge on any atom is 0.126 e. The van der Waals surface area contributed by atoms with E-state index in [1.54, 1.807) is 25.3 Å². The number of aromatic hydroxyl groups is 1. The number of phenols is 1. The first-order valence-electron chi connectivity index (χ1n) is 9.24. The largest absolute Gasteiger partial charge is 0.508 e. The third-order valence-electron chi connectivity index (χ3n) is 5.63. The third-order valence-corrected chi connectivity index (χ3v) is 5.63. The van der Waals surface area contributed by atoms with Gasteiger partial charge in [-0.25, -0.2) is 0 Å². The molecule has 2 aromatic rings. The number of rotatable bonds is 3. The second-order valence-corrected chi connectivity index (χ2v) is 7.29. The van der Waals surface area contributed by atoms with E-state index in [1.165, 1.54) is 5.56 Å². The summed E-state index contributed by atoms with van der Waals surface area (Å²) >= 11 is 0. The van der Waals surface area contributed by atoms with Crippen LogP contribution in [-0.2, 0) is 0 Å². The molecule has 0 aromatic heterocycles. The summed E-state index contributed by atoms with van der Waals surface area (Å²) in [6.07, 6.45) is 6.51. The number of methoxy groups -OCH3 is 1. The van der Waals surface area contributed by atoms with Crippen LogP contribution in [0.15, 0.2) is 60.4 Å². The number of phenolic OH excluding ortho intramolecular Hbond substituents is 1. The van der Waals surface area contributed by atoms with Gasteiger partial charge in [-0.2, -0.15) is 0 Å². The minimum Gasteiger partial charge on any atom is -0.508 e. The molecule has 27 heavy (non-hydrogen) atoms. The van der Waals surface area contributed by atoms with E-state index in [-0.39, 0.29) is 23.5 Å². The Morgan fingerprint density at radius 2 is 1.96 bits per heavy atom. The molecule has 2 aliphatic rings. The minimum atomic E-state index is 0.141. The van der Waals surface area contributed by atoms with Gasteiger partial charge in [0.15, 0.2) is 0 Å². The lowest BCUT2D eigenvalue weighted by Crippen LogP contribution is -2.32. The lowest BCUT2D eigenvalue weighted by molar-refractivity contribution is 0.170. The predicted molar refractivity (Wildman–Crippen MR) is 105 cm³/mol. The first-order chi connectivity index (χ1) is 13.1. The summed E-state index contributed by atoms with van der Waals surface area (Å²) in [7, 11) is 1.68. The number of aliphatic hydroxyl groups excluding tert-OH is 1. The highest BCUT2D eigenvalue weighted by molar-refractivity contribution is 5.50. The van der Waals surface area contributed by atoms with Gasteiger partial charge >= 0.3 is 0 Å². The van der Waals surface area contributed by atoms with Gasteiger partial charge in [0.2, 0.25) is 0 Å². The van der Waals surface area contributed by atoms with E-state index < -0.39 is 0 Å². The van der Waals surface area contributed by atoms with Crippen molar-refractivity contribution in [3.05, 3.63) is 77.1 Å². The summed E-state index contributed by atoms with van der Waals surface area (Å²) in [6, 6.07) is 11.7. The molecule has 2 N–H and O–H groups in total. The molecule has 0 spiro atoms. The van der Waals surface area contributed by atoms with Gasteiger partial charge in [0.05, 0.1) is 13.7 Å². The molecule has 1 aliphatic carbocycles. The minimum absolute atomic E-state index is 0.141. The van der Waals surface area contributed by atoms with E-state index in [2.05, 4.69) is 25.1 Å². The Morgan fingerprint density at radius 1 is 1.11 bits per heavy atom. The van der Waals surface area contributed by atoms with E-state index >= 15 is 0 Å². The van der Waals surface area contributed by atoms with Crippen molar-refractivity contribution in [1.29, 1.82) is 0 Å². The second kappa shape index (κ2) is 7.03. The number of aliphatic hydroxyl groups is 1. The Labute approximate surface area is 159 Å². The van der Waals surface area contributed by atoms with Gasteiger partial charge < -0.3 is 19.7 Å². The highest BCUT2D eigenvalue weighted by Crippen LogP contribution is 2.47. The first kappa shape index (κ1) is 17.5. The topological polar surface area (TPSA) is 58.9 Å². The maximum absolute atomic E-state index is 9.86. The number of allylic oxidation sites excluding steroid dienone is 3. The molecule has 0 saturated carbocycles. The molecule has 0 fully saturated rings. The van der Waals surface area contributed by atoms with Crippen molar-refractivity contribution in [2.75, 3.05) is 13.7 Å². The van der Waals surface area contributed by atoms with Gasteiger partial charge in [0.25, 0.3) is 0 Å². The molecule has 1 aliphatic heterocycles. The molecule has 4 nitrogen and oxygen atoms in total. The van der Waals surface area contributed by atoms with Crippen molar-refractivity contribution in [1.82, 2.24) is 0 Å². The van der Waals surface area contributed by atoms with Crippen LogP contribution < -0.4 is 9.47 Å². The van der Waals surface area contributed by atoms with Crippen molar-refractivity contribution < 1.29 is 19.7 Å². The number of hydrogen-bond donors (Lipinski definition) is 2. The van der Waals surface area contributed by atoms with Crippen LogP contribution in [0.25, 0.3) is 0 Å². The average Bonchev–Trinajstić information content (AvgIpc) is 2.67. The predicted octanol–water partition coefficient (Wildman–Crippen LogP) is 4.87. The molecule has 4 rings (SSSR count). The maximum atomic E-state index is 9.86. The fraction of sp³-hybridized carbons (Fsp3) is 0.304. The Bertz CT molecular complexity index is 913. The zero-order valence-corrected chi connectivity index (χ0v) is 15.6. The van der Waals surface area contributed by atoms with Gasteiger partial charge in [0.1, 0.15) is 23.0 Å². The smallest absolute Gasteiger partial charge is 0.126 e. The van der Waals surface area contributed by atoms with Gasteiger partial charge in [-0.3, -0.25) is 0 Å². The van der Waals surface area contributed by atoms with Crippen LogP contribution in [0.5, 0.6) is 17.2 Å². The quantitative estimate of drug-likeness (QED) is 0.816. The highest BCUT2D eigenvalue weighted by atomic mass is 16.5. The molecule has 1 unspecified atom stereocenters. The standard InChI is InChI=1S/C23H24O4/c1-14-11-16(5-10-21(14)26-2)23-19-9-8-18(25)12-22(19)27-13-20(23)15-3-6-17(24)7-4-15/h3,5-12,15,20,23-25H,4,13H2,1-2H3/t15?,20-,23-/m1/s1. The van der Waals surface area contributed by atoms with Crippen molar-refractivity contribution >= 4 is 0 Å². The fourth-order valence-electron chi connectivity index (χ4n) is 4.25. The Morgan fingerprint density at radius 3 is 2.67 bits per heavy atom. The van der Waals surface area contributed by atoms with Crippen molar-refractivity contribution in [3.63, 3.8) is 0 Å². The molecule has 1 heterocycles. The van der Waals surface area contributed by atoms with Crippen LogP contribution in [0.1, 0.15) is 29.0 Å². The number of aryl methyl sites for hydroxylation is 1. The molecule has 3 atom stereocenters. The monoisotopic (exact) mass is 364 g/mol. The van der Waals surface area contributed by atoms with E-state index in [0.29, 0.717) is 12.4 Å². The van der Waals surface area contributed by atoms with Crippen molar-refractivity contribution in [2.45, 2.75) is 19.3 Å². The Hall–Kier alpha value is -2.88. The third kappa shape index (κ3) is 3.27. The molecule has 2 aromatic carbocycles.